The number of thiophene rings is 1. The molecule has 1 aliphatic carbocycles. The zero-order valence-corrected chi connectivity index (χ0v) is 26.3. The van der Waals surface area contributed by atoms with Crippen LogP contribution in [0.1, 0.15) is 27.8 Å². The van der Waals surface area contributed by atoms with Gasteiger partial charge in [0.2, 0.25) is 0 Å². The van der Waals surface area contributed by atoms with Gasteiger partial charge in [-0.15, -0.1) is 11.3 Å². The van der Waals surface area contributed by atoms with E-state index < -0.39 is 5.41 Å². The number of hydrogen-bond donors (Lipinski definition) is 0. The monoisotopic (exact) mass is 605 g/mol. The number of nitrogens with zero attached hydrogens (tertiary/aromatic N) is 1. The lowest BCUT2D eigenvalue weighted by atomic mass is 9.67. The van der Waals surface area contributed by atoms with E-state index >= 15 is 0 Å². The predicted octanol–water partition coefficient (Wildman–Crippen LogP) is 12.2. The fourth-order valence-electron chi connectivity index (χ4n) is 7.67. The van der Waals surface area contributed by atoms with Crippen molar-refractivity contribution in [3.8, 4) is 11.1 Å². The first-order valence-electron chi connectivity index (χ1n) is 15.9. The number of fused-ring (bicyclic) bond motifs is 7. The molecule has 218 valence electrons. The predicted molar refractivity (Wildman–Crippen MR) is 196 cm³/mol. The maximum absolute atomic E-state index is 2.46. The number of aryl methyl sites for hydroxylation is 1. The van der Waals surface area contributed by atoms with Gasteiger partial charge >= 0.3 is 0 Å². The molecule has 0 saturated carbocycles. The van der Waals surface area contributed by atoms with Crippen LogP contribution in [-0.2, 0) is 5.41 Å². The lowest BCUT2D eigenvalue weighted by molar-refractivity contribution is 0.769. The lowest BCUT2D eigenvalue weighted by Crippen LogP contribution is -2.28. The molecule has 0 bridgehead atoms. The first-order valence-corrected chi connectivity index (χ1v) is 16.7. The van der Waals surface area contributed by atoms with Crippen molar-refractivity contribution in [2.24, 2.45) is 0 Å². The number of rotatable bonds is 5. The molecular formula is C44H31NS. The Balaban J connectivity index is 1.41. The first-order chi connectivity index (χ1) is 22.7. The van der Waals surface area contributed by atoms with E-state index in [1.807, 2.05) is 11.3 Å². The number of hydrogen-bond acceptors (Lipinski definition) is 2. The van der Waals surface area contributed by atoms with Crippen LogP contribution in [0.3, 0.4) is 0 Å². The van der Waals surface area contributed by atoms with E-state index in [0.717, 1.165) is 17.1 Å². The highest BCUT2D eigenvalue weighted by Crippen LogP contribution is 2.60. The molecule has 0 saturated heterocycles. The minimum absolute atomic E-state index is 0.484. The van der Waals surface area contributed by atoms with Crippen LogP contribution in [0.5, 0.6) is 0 Å². The molecule has 0 spiro atoms. The Morgan fingerprint density at radius 3 is 1.83 bits per heavy atom. The summed E-state index contributed by atoms with van der Waals surface area (Å²) >= 11 is 1.92. The SMILES string of the molecule is Cc1cccc(N(c2ccccc2)c2ccc3c(c2)C(c2ccccc2)(c2ccccc2)c2ccc4c(sc5ccccc54)c2-3)c1. The summed E-state index contributed by atoms with van der Waals surface area (Å²) in [7, 11) is 0. The van der Waals surface area contributed by atoms with Crippen LogP contribution in [0.4, 0.5) is 17.1 Å². The number of anilines is 3. The summed E-state index contributed by atoms with van der Waals surface area (Å²) in [5, 5.41) is 2.66. The van der Waals surface area contributed by atoms with E-state index in [2.05, 4.69) is 182 Å². The van der Waals surface area contributed by atoms with Gasteiger partial charge in [0.25, 0.3) is 0 Å². The van der Waals surface area contributed by atoms with Crippen LogP contribution in [0, 0.1) is 6.92 Å². The van der Waals surface area contributed by atoms with Crippen molar-refractivity contribution in [2.75, 3.05) is 4.90 Å². The molecule has 8 aromatic rings. The van der Waals surface area contributed by atoms with Crippen molar-refractivity contribution in [3.05, 3.63) is 198 Å². The molecule has 0 N–H and O–H groups in total. The van der Waals surface area contributed by atoms with Crippen LogP contribution in [0.25, 0.3) is 31.3 Å². The van der Waals surface area contributed by atoms with Crippen molar-refractivity contribution in [1.82, 2.24) is 0 Å². The van der Waals surface area contributed by atoms with Crippen molar-refractivity contribution >= 4 is 48.6 Å². The van der Waals surface area contributed by atoms with Gasteiger partial charge in [0.15, 0.2) is 0 Å². The van der Waals surface area contributed by atoms with Crippen LogP contribution in [0.2, 0.25) is 0 Å². The normalized spacial score (nSPS) is 13.1. The highest BCUT2D eigenvalue weighted by Gasteiger charge is 2.47. The molecule has 1 heterocycles. The lowest BCUT2D eigenvalue weighted by Gasteiger charge is -2.35. The Morgan fingerprint density at radius 1 is 0.478 bits per heavy atom. The first kappa shape index (κ1) is 26.9. The molecule has 9 rings (SSSR count). The van der Waals surface area contributed by atoms with Crippen molar-refractivity contribution < 1.29 is 0 Å². The van der Waals surface area contributed by atoms with Crippen molar-refractivity contribution in [3.63, 3.8) is 0 Å². The average Bonchev–Trinajstić information content (AvgIpc) is 3.63. The van der Waals surface area contributed by atoms with Gasteiger partial charge in [-0.25, -0.2) is 0 Å². The summed E-state index contributed by atoms with van der Waals surface area (Å²) in [5.41, 5.74) is 12.1. The molecule has 0 unspecified atom stereocenters. The van der Waals surface area contributed by atoms with E-state index in [-0.39, 0.29) is 0 Å². The van der Waals surface area contributed by atoms with Crippen LogP contribution in [-0.4, -0.2) is 0 Å². The summed E-state index contributed by atoms with van der Waals surface area (Å²) < 4.78 is 2.69. The van der Waals surface area contributed by atoms with Crippen LogP contribution < -0.4 is 4.90 Å². The van der Waals surface area contributed by atoms with Gasteiger partial charge in [0.05, 0.1) is 5.41 Å². The molecule has 46 heavy (non-hydrogen) atoms. The second kappa shape index (κ2) is 10.6. The second-order valence-electron chi connectivity index (χ2n) is 12.2. The minimum atomic E-state index is -0.484. The molecule has 7 aromatic carbocycles. The van der Waals surface area contributed by atoms with Gasteiger partial charge in [-0.1, -0.05) is 127 Å². The molecular weight excluding hydrogens is 575 g/mol. The van der Waals surface area contributed by atoms with Gasteiger partial charge in [0, 0.05) is 42.8 Å². The zero-order chi connectivity index (χ0) is 30.7. The van der Waals surface area contributed by atoms with E-state index in [1.54, 1.807) is 0 Å². The third kappa shape index (κ3) is 3.94. The molecule has 0 radical (unpaired) electrons. The molecule has 1 nitrogen and oxygen atoms in total. The smallest absolute Gasteiger partial charge is 0.0714 e. The quantitative estimate of drug-likeness (QED) is 0.189. The molecule has 0 amide bonds. The van der Waals surface area contributed by atoms with Crippen molar-refractivity contribution in [1.29, 1.82) is 0 Å². The van der Waals surface area contributed by atoms with Crippen molar-refractivity contribution in [2.45, 2.75) is 12.3 Å². The largest absolute Gasteiger partial charge is 0.310 e. The van der Waals surface area contributed by atoms with Gasteiger partial charge in [-0.3, -0.25) is 0 Å². The van der Waals surface area contributed by atoms with Gasteiger partial charge in [-0.05, 0) is 82.8 Å². The summed E-state index contributed by atoms with van der Waals surface area (Å²) in [6.07, 6.45) is 0. The van der Waals surface area contributed by atoms with E-state index in [0.29, 0.717) is 0 Å². The third-order valence-electron chi connectivity index (χ3n) is 9.57. The number of benzene rings is 7. The van der Waals surface area contributed by atoms with Gasteiger partial charge in [-0.2, -0.15) is 0 Å². The highest BCUT2D eigenvalue weighted by atomic mass is 32.1. The highest BCUT2D eigenvalue weighted by molar-refractivity contribution is 7.26. The molecule has 0 fully saturated rings. The Labute approximate surface area is 273 Å². The summed E-state index contributed by atoms with van der Waals surface area (Å²) in [6, 6.07) is 62.5. The van der Waals surface area contributed by atoms with Gasteiger partial charge in [0.1, 0.15) is 0 Å². The summed E-state index contributed by atoms with van der Waals surface area (Å²) in [6.45, 7) is 2.16. The second-order valence-corrected chi connectivity index (χ2v) is 13.2. The Bertz CT molecular complexity index is 2330. The van der Waals surface area contributed by atoms with Crippen LogP contribution in [0.15, 0.2) is 170 Å². The van der Waals surface area contributed by atoms with E-state index in [4.69, 9.17) is 0 Å². The third-order valence-corrected chi connectivity index (χ3v) is 10.8. The van der Waals surface area contributed by atoms with E-state index in [1.165, 1.54) is 59.1 Å². The molecule has 0 aliphatic heterocycles. The fraction of sp³-hybridized carbons (Fsp3) is 0.0455. The topological polar surface area (TPSA) is 3.24 Å². The average molecular weight is 606 g/mol. The Kier molecular flexibility index (Phi) is 6.19. The summed E-state index contributed by atoms with van der Waals surface area (Å²) in [4.78, 5) is 2.39. The number of para-hydroxylation sites is 1. The molecule has 1 aromatic heterocycles. The summed E-state index contributed by atoms with van der Waals surface area (Å²) in [5.74, 6) is 0. The Hall–Kier alpha value is -5.44. The zero-order valence-electron chi connectivity index (χ0n) is 25.5. The molecule has 0 atom stereocenters. The molecule has 2 heteroatoms. The maximum atomic E-state index is 2.46. The molecule has 1 aliphatic rings. The Morgan fingerprint density at radius 2 is 1.11 bits per heavy atom. The minimum Gasteiger partial charge on any atom is -0.310 e. The van der Waals surface area contributed by atoms with Crippen LogP contribution >= 0.6 is 11.3 Å². The fourth-order valence-corrected chi connectivity index (χ4v) is 8.93. The standard InChI is InChI=1S/C44H31NS/c1-30-14-13-21-34(28-30)45(33-19-9-4-10-20-33)35-24-25-38-40(29-35)44(31-15-5-2-6-16-31,32-17-7-3-8-18-32)39-27-26-37-36-22-11-12-23-41(36)46-43(37)42(38)39/h2-29H,1H3. The maximum Gasteiger partial charge on any atom is 0.0714 e. The van der Waals surface area contributed by atoms with Gasteiger partial charge < -0.3 is 4.90 Å². The van der Waals surface area contributed by atoms with E-state index in [9.17, 15) is 0 Å².